The molecule has 1 aliphatic heterocycles. The summed E-state index contributed by atoms with van der Waals surface area (Å²) in [5.41, 5.74) is 0.229. The molecule has 1 saturated heterocycles. The van der Waals surface area contributed by atoms with Crippen molar-refractivity contribution < 1.29 is 19.1 Å². The first kappa shape index (κ1) is 10.4. The monoisotopic (exact) mass is 197 g/mol. The third kappa shape index (κ3) is 2.18. The minimum atomic E-state index is -0.619. The number of amides is 2. The zero-order valence-corrected chi connectivity index (χ0v) is 7.91. The second-order valence-electron chi connectivity index (χ2n) is 3.05. The lowest BCUT2D eigenvalue weighted by atomic mass is 10.2. The lowest BCUT2D eigenvalue weighted by molar-refractivity contribution is -0.159. The van der Waals surface area contributed by atoms with Crippen LogP contribution in [0.5, 0.6) is 0 Å². The van der Waals surface area contributed by atoms with Crippen LogP contribution < -0.4 is 0 Å². The fourth-order valence-corrected chi connectivity index (χ4v) is 0.907. The minimum Gasteiger partial charge on any atom is -0.452 e. The van der Waals surface area contributed by atoms with Crippen molar-refractivity contribution in [1.82, 2.24) is 4.90 Å². The van der Waals surface area contributed by atoms with Crippen LogP contribution in [-0.2, 0) is 19.1 Å². The van der Waals surface area contributed by atoms with Crippen LogP contribution >= 0.6 is 0 Å². The third-order valence-corrected chi connectivity index (χ3v) is 1.83. The summed E-state index contributed by atoms with van der Waals surface area (Å²) in [5.74, 6) is -1.32. The highest BCUT2D eigenvalue weighted by Crippen LogP contribution is 2.08. The summed E-state index contributed by atoms with van der Waals surface area (Å²) >= 11 is 0. The van der Waals surface area contributed by atoms with Crippen molar-refractivity contribution in [1.29, 1.82) is 0 Å². The number of β-lactam (4-membered cyclic amide) rings is 1. The van der Waals surface area contributed by atoms with Gasteiger partial charge in [0.1, 0.15) is 0 Å². The van der Waals surface area contributed by atoms with Gasteiger partial charge in [-0.3, -0.25) is 14.5 Å². The maximum atomic E-state index is 11.2. The highest BCUT2D eigenvalue weighted by Gasteiger charge is 2.30. The van der Waals surface area contributed by atoms with Crippen molar-refractivity contribution in [3.05, 3.63) is 12.2 Å². The zero-order valence-electron chi connectivity index (χ0n) is 7.91. The van der Waals surface area contributed by atoms with Gasteiger partial charge in [0, 0.05) is 18.5 Å². The maximum Gasteiger partial charge on any atom is 0.333 e. The molecule has 76 valence electrons. The van der Waals surface area contributed by atoms with Crippen molar-refractivity contribution in [3.8, 4) is 0 Å². The molecule has 0 atom stereocenters. The molecule has 0 N–H and O–H groups in total. The number of hydrogen-bond acceptors (Lipinski definition) is 4. The number of imide groups is 1. The summed E-state index contributed by atoms with van der Waals surface area (Å²) in [6, 6.07) is 0. The number of nitrogens with zero attached hydrogens (tertiary/aromatic N) is 1. The van der Waals surface area contributed by atoms with Gasteiger partial charge in [0.25, 0.3) is 5.91 Å². The lowest BCUT2D eigenvalue weighted by Gasteiger charge is -2.28. The Kier molecular flexibility index (Phi) is 3.01. The predicted molar refractivity (Wildman–Crippen MR) is 47.1 cm³/mol. The molecule has 1 aliphatic rings. The summed E-state index contributed by atoms with van der Waals surface area (Å²) in [6.45, 7) is 4.88. The van der Waals surface area contributed by atoms with Crippen LogP contribution in [0.2, 0.25) is 0 Å². The van der Waals surface area contributed by atoms with Gasteiger partial charge < -0.3 is 4.74 Å². The fourth-order valence-electron chi connectivity index (χ4n) is 0.907. The van der Waals surface area contributed by atoms with E-state index in [0.29, 0.717) is 13.0 Å². The first-order valence-electron chi connectivity index (χ1n) is 4.18. The molecular formula is C9H11NO4. The average molecular weight is 197 g/mol. The van der Waals surface area contributed by atoms with Crippen LogP contribution in [0, 0.1) is 0 Å². The van der Waals surface area contributed by atoms with E-state index in [1.807, 2.05) is 0 Å². The summed E-state index contributed by atoms with van der Waals surface area (Å²) < 4.78 is 4.59. The Bertz CT molecular complexity index is 308. The molecule has 5 nitrogen and oxygen atoms in total. The second-order valence-corrected chi connectivity index (χ2v) is 3.05. The van der Waals surface area contributed by atoms with E-state index in [1.165, 1.54) is 6.92 Å². The number of likely N-dealkylation sites (tertiary alicyclic amines) is 1. The first-order chi connectivity index (χ1) is 6.52. The number of carbonyl (C=O) groups is 3. The van der Waals surface area contributed by atoms with E-state index in [9.17, 15) is 14.4 Å². The van der Waals surface area contributed by atoms with Crippen molar-refractivity contribution >= 4 is 17.8 Å². The van der Waals surface area contributed by atoms with Gasteiger partial charge in [-0.05, 0) is 6.92 Å². The van der Waals surface area contributed by atoms with E-state index >= 15 is 0 Å². The molecule has 0 spiro atoms. The van der Waals surface area contributed by atoms with Gasteiger partial charge in [-0.1, -0.05) is 6.58 Å². The normalized spacial score (nSPS) is 14.6. The highest BCUT2D eigenvalue weighted by molar-refractivity contribution is 6.00. The van der Waals surface area contributed by atoms with Crippen LogP contribution in [0.3, 0.4) is 0 Å². The molecule has 14 heavy (non-hydrogen) atoms. The zero-order chi connectivity index (χ0) is 10.7. The van der Waals surface area contributed by atoms with E-state index < -0.39 is 18.5 Å². The highest BCUT2D eigenvalue weighted by atomic mass is 16.5. The van der Waals surface area contributed by atoms with Gasteiger partial charge in [-0.25, -0.2) is 4.79 Å². The molecule has 1 heterocycles. The molecule has 0 aromatic heterocycles. The van der Waals surface area contributed by atoms with Crippen molar-refractivity contribution in [3.63, 3.8) is 0 Å². The Morgan fingerprint density at radius 2 is 2.21 bits per heavy atom. The minimum absolute atomic E-state index is 0.221. The van der Waals surface area contributed by atoms with E-state index in [-0.39, 0.29) is 11.5 Å². The Morgan fingerprint density at radius 1 is 1.57 bits per heavy atom. The largest absolute Gasteiger partial charge is 0.452 e. The molecule has 0 aromatic carbocycles. The number of ether oxygens (including phenoxy) is 1. The molecule has 5 heteroatoms. The molecule has 1 fully saturated rings. The van der Waals surface area contributed by atoms with E-state index in [4.69, 9.17) is 0 Å². The van der Waals surface area contributed by atoms with Crippen LogP contribution in [0.25, 0.3) is 0 Å². The van der Waals surface area contributed by atoms with Crippen LogP contribution in [0.15, 0.2) is 12.2 Å². The molecule has 0 aliphatic carbocycles. The SMILES string of the molecule is C=C(C)C(=O)OCC(=O)N1CCC1=O. The predicted octanol–water partition coefficient (Wildman–Crippen LogP) is -0.135. The molecule has 0 saturated carbocycles. The fraction of sp³-hybridized carbons (Fsp3) is 0.444. The Morgan fingerprint density at radius 3 is 2.57 bits per heavy atom. The Hall–Kier alpha value is -1.65. The molecule has 0 radical (unpaired) electrons. The number of rotatable bonds is 3. The van der Waals surface area contributed by atoms with Gasteiger partial charge in [-0.2, -0.15) is 0 Å². The molecule has 1 rings (SSSR count). The third-order valence-electron chi connectivity index (χ3n) is 1.83. The van der Waals surface area contributed by atoms with Crippen LogP contribution in [0.4, 0.5) is 0 Å². The summed E-state index contributed by atoms with van der Waals surface area (Å²) in [7, 11) is 0. The van der Waals surface area contributed by atoms with Gasteiger partial charge in [0.05, 0.1) is 0 Å². The van der Waals surface area contributed by atoms with Gasteiger partial charge in [-0.15, -0.1) is 0 Å². The summed E-state index contributed by atoms with van der Waals surface area (Å²) in [6.07, 6.45) is 0.389. The number of esters is 1. The van der Waals surface area contributed by atoms with Crippen LogP contribution in [-0.4, -0.2) is 35.8 Å². The molecule has 0 unspecified atom stereocenters. The average Bonchev–Trinajstić information content (AvgIpc) is 2.11. The van der Waals surface area contributed by atoms with E-state index in [2.05, 4.69) is 11.3 Å². The molecule has 2 amide bonds. The van der Waals surface area contributed by atoms with Gasteiger partial charge in [0.15, 0.2) is 6.61 Å². The Labute approximate surface area is 81.3 Å². The topological polar surface area (TPSA) is 63.7 Å². The number of hydrogen-bond donors (Lipinski definition) is 0. The van der Waals surface area contributed by atoms with Crippen molar-refractivity contribution in [2.24, 2.45) is 0 Å². The first-order valence-corrected chi connectivity index (χ1v) is 4.18. The number of carbonyl (C=O) groups excluding carboxylic acids is 3. The Balaban J connectivity index is 2.31. The van der Waals surface area contributed by atoms with Gasteiger partial charge in [0.2, 0.25) is 5.91 Å². The van der Waals surface area contributed by atoms with Gasteiger partial charge >= 0.3 is 5.97 Å². The van der Waals surface area contributed by atoms with Crippen LogP contribution in [0.1, 0.15) is 13.3 Å². The smallest absolute Gasteiger partial charge is 0.333 e. The van der Waals surface area contributed by atoms with Crippen molar-refractivity contribution in [2.75, 3.05) is 13.2 Å². The molecule has 0 bridgehead atoms. The summed E-state index contributed by atoms with van der Waals surface area (Å²) in [4.78, 5) is 33.9. The summed E-state index contributed by atoms with van der Waals surface area (Å²) in [5, 5.41) is 0. The van der Waals surface area contributed by atoms with Crippen molar-refractivity contribution in [2.45, 2.75) is 13.3 Å². The quantitative estimate of drug-likeness (QED) is 0.359. The molecule has 0 aromatic rings. The van der Waals surface area contributed by atoms with E-state index in [1.54, 1.807) is 0 Å². The maximum absolute atomic E-state index is 11.2. The standard InChI is InChI=1S/C9H11NO4/c1-6(2)9(13)14-5-8(12)10-4-3-7(10)11/h1,3-5H2,2H3. The molecular weight excluding hydrogens is 186 g/mol. The second kappa shape index (κ2) is 4.04. The lowest BCUT2D eigenvalue weighted by Crippen LogP contribution is -2.49. The van der Waals surface area contributed by atoms with E-state index in [0.717, 1.165) is 4.90 Å².